The SMILES string of the molecule is CCCOc1cccnc1NC(C)(CN)C(C)C. The Morgan fingerprint density at radius 2 is 2.22 bits per heavy atom. The molecule has 0 aliphatic rings. The van der Waals surface area contributed by atoms with E-state index < -0.39 is 0 Å². The highest BCUT2D eigenvalue weighted by Crippen LogP contribution is 2.27. The van der Waals surface area contributed by atoms with Crippen LogP contribution in [-0.2, 0) is 0 Å². The summed E-state index contributed by atoms with van der Waals surface area (Å²) in [5.41, 5.74) is 5.69. The molecule has 0 aromatic carbocycles. The maximum atomic E-state index is 5.87. The summed E-state index contributed by atoms with van der Waals surface area (Å²) in [6.07, 6.45) is 2.74. The molecule has 18 heavy (non-hydrogen) atoms. The summed E-state index contributed by atoms with van der Waals surface area (Å²) in [5.74, 6) is 1.97. The molecule has 1 atom stereocenters. The fourth-order valence-corrected chi connectivity index (χ4v) is 1.51. The van der Waals surface area contributed by atoms with Crippen molar-refractivity contribution in [1.29, 1.82) is 0 Å². The fourth-order valence-electron chi connectivity index (χ4n) is 1.51. The van der Waals surface area contributed by atoms with Crippen LogP contribution < -0.4 is 15.8 Å². The largest absolute Gasteiger partial charge is 0.490 e. The highest BCUT2D eigenvalue weighted by Gasteiger charge is 2.27. The molecule has 4 heteroatoms. The lowest BCUT2D eigenvalue weighted by atomic mass is 9.88. The third-order valence-corrected chi connectivity index (χ3v) is 3.33. The number of pyridine rings is 1. The van der Waals surface area contributed by atoms with Crippen LogP contribution in [0.1, 0.15) is 34.1 Å². The van der Waals surface area contributed by atoms with Gasteiger partial charge in [0.05, 0.1) is 12.1 Å². The number of aromatic nitrogens is 1. The van der Waals surface area contributed by atoms with Crippen molar-refractivity contribution in [3.05, 3.63) is 18.3 Å². The van der Waals surface area contributed by atoms with E-state index in [1.54, 1.807) is 6.20 Å². The van der Waals surface area contributed by atoms with Gasteiger partial charge in [-0.1, -0.05) is 20.8 Å². The van der Waals surface area contributed by atoms with E-state index in [1.807, 2.05) is 12.1 Å². The molecule has 1 unspecified atom stereocenters. The molecule has 0 fully saturated rings. The Morgan fingerprint density at radius 1 is 1.50 bits per heavy atom. The van der Waals surface area contributed by atoms with Crippen LogP contribution in [0, 0.1) is 5.92 Å². The zero-order valence-corrected chi connectivity index (χ0v) is 11.9. The van der Waals surface area contributed by atoms with Gasteiger partial charge >= 0.3 is 0 Å². The van der Waals surface area contributed by atoms with E-state index >= 15 is 0 Å². The van der Waals surface area contributed by atoms with Crippen molar-refractivity contribution in [2.45, 2.75) is 39.7 Å². The van der Waals surface area contributed by atoms with Gasteiger partial charge in [0.15, 0.2) is 11.6 Å². The Morgan fingerprint density at radius 3 is 2.78 bits per heavy atom. The van der Waals surface area contributed by atoms with Crippen LogP contribution in [0.2, 0.25) is 0 Å². The first-order valence-corrected chi connectivity index (χ1v) is 6.59. The highest BCUT2D eigenvalue weighted by atomic mass is 16.5. The van der Waals surface area contributed by atoms with Gasteiger partial charge in [-0.3, -0.25) is 0 Å². The maximum Gasteiger partial charge on any atom is 0.169 e. The molecule has 0 saturated carbocycles. The summed E-state index contributed by atoms with van der Waals surface area (Å²) in [7, 11) is 0. The van der Waals surface area contributed by atoms with Crippen LogP contribution in [0.25, 0.3) is 0 Å². The van der Waals surface area contributed by atoms with Gasteiger partial charge in [0.2, 0.25) is 0 Å². The first-order chi connectivity index (χ1) is 8.53. The Kier molecular flexibility index (Phi) is 5.41. The normalized spacial score (nSPS) is 14.3. The first-order valence-electron chi connectivity index (χ1n) is 6.59. The second-order valence-corrected chi connectivity index (χ2v) is 5.10. The van der Waals surface area contributed by atoms with E-state index in [9.17, 15) is 0 Å². The minimum atomic E-state index is -0.182. The molecular formula is C14H25N3O. The Hall–Kier alpha value is -1.29. The van der Waals surface area contributed by atoms with Crippen molar-refractivity contribution < 1.29 is 4.74 Å². The minimum absolute atomic E-state index is 0.182. The topological polar surface area (TPSA) is 60.2 Å². The standard InChI is InChI=1S/C14H25N3O/c1-5-9-18-12-7-6-8-16-13(12)17-14(4,10-15)11(2)3/h6-8,11H,5,9-10,15H2,1-4H3,(H,16,17). The van der Waals surface area contributed by atoms with E-state index in [0.29, 0.717) is 19.1 Å². The number of ether oxygens (including phenoxy) is 1. The van der Waals surface area contributed by atoms with E-state index in [4.69, 9.17) is 10.5 Å². The molecule has 1 aromatic heterocycles. The quantitative estimate of drug-likeness (QED) is 0.782. The molecule has 102 valence electrons. The smallest absolute Gasteiger partial charge is 0.169 e. The van der Waals surface area contributed by atoms with E-state index in [0.717, 1.165) is 18.0 Å². The summed E-state index contributed by atoms with van der Waals surface area (Å²) >= 11 is 0. The monoisotopic (exact) mass is 251 g/mol. The summed E-state index contributed by atoms with van der Waals surface area (Å²) < 4.78 is 5.69. The molecule has 0 bridgehead atoms. The lowest BCUT2D eigenvalue weighted by Crippen LogP contribution is -2.47. The molecule has 0 radical (unpaired) electrons. The molecule has 3 N–H and O–H groups in total. The molecular weight excluding hydrogens is 226 g/mol. The van der Waals surface area contributed by atoms with Crippen molar-refractivity contribution in [3.8, 4) is 5.75 Å². The predicted octanol–water partition coefficient (Wildman–Crippen LogP) is 2.66. The fraction of sp³-hybridized carbons (Fsp3) is 0.643. The van der Waals surface area contributed by atoms with Crippen LogP contribution in [0.5, 0.6) is 5.75 Å². The van der Waals surface area contributed by atoms with Crippen LogP contribution >= 0.6 is 0 Å². The minimum Gasteiger partial charge on any atom is -0.490 e. The Bertz CT molecular complexity index is 368. The van der Waals surface area contributed by atoms with E-state index in [2.05, 4.69) is 38.0 Å². The number of rotatable bonds is 7. The zero-order chi connectivity index (χ0) is 13.6. The van der Waals surface area contributed by atoms with Crippen molar-refractivity contribution in [1.82, 2.24) is 4.98 Å². The van der Waals surface area contributed by atoms with Crippen LogP contribution in [0.15, 0.2) is 18.3 Å². The molecule has 1 heterocycles. The first kappa shape index (κ1) is 14.8. The molecule has 0 spiro atoms. The highest BCUT2D eigenvalue weighted by molar-refractivity contribution is 5.51. The number of nitrogens with two attached hydrogens (primary N) is 1. The second-order valence-electron chi connectivity index (χ2n) is 5.10. The lowest BCUT2D eigenvalue weighted by Gasteiger charge is -2.34. The Balaban J connectivity index is 2.88. The number of nitrogens with one attached hydrogen (secondary N) is 1. The van der Waals surface area contributed by atoms with Crippen molar-refractivity contribution in [2.24, 2.45) is 11.7 Å². The van der Waals surface area contributed by atoms with Gasteiger partial charge in [-0.15, -0.1) is 0 Å². The molecule has 1 aromatic rings. The van der Waals surface area contributed by atoms with Crippen molar-refractivity contribution in [2.75, 3.05) is 18.5 Å². The molecule has 0 aliphatic heterocycles. The summed E-state index contributed by atoms with van der Waals surface area (Å²) in [5, 5.41) is 3.42. The molecule has 4 nitrogen and oxygen atoms in total. The summed E-state index contributed by atoms with van der Waals surface area (Å²) in [6.45, 7) is 9.73. The molecule has 1 rings (SSSR count). The van der Waals surface area contributed by atoms with Gasteiger partial charge in [-0.25, -0.2) is 4.98 Å². The van der Waals surface area contributed by atoms with Gasteiger partial charge in [0.25, 0.3) is 0 Å². The molecule has 0 saturated heterocycles. The number of hydrogen-bond acceptors (Lipinski definition) is 4. The van der Waals surface area contributed by atoms with Gasteiger partial charge in [-0.2, -0.15) is 0 Å². The lowest BCUT2D eigenvalue weighted by molar-refractivity contribution is 0.314. The maximum absolute atomic E-state index is 5.87. The number of anilines is 1. The van der Waals surface area contributed by atoms with Gasteiger partial charge in [0, 0.05) is 12.7 Å². The predicted molar refractivity (Wildman–Crippen MR) is 75.9 cm³/mol. The van der Waals surface area contributed by atoms with Crippen molar-refractivity contribution >= 4 is 5.82 Å². The van der Waals surface area contributed by atoms with Crippen LogP contribution in [-0.4, -0.2) is 23.7 Å². The van der Waals surface area contributed by atoms with Crippen molar-refractivity contribution in [3.63, 3.8) is 0 Å². The average molecular weight is 251 g/mol. The van der Waals surface area contributed by atoms with Crippen LogP contribution in [0.4, 0.5) is 5.82 Å². The van der Waals surface area contributed by atoms with E-state index in [-0.39, 0.29) is 5.54 Å². The third-order valence-electron chi connectivity index (χ3n) is 3.33. The van der Waals surface area contributed by atoms with Crippen LogP contribution in [0.3, 0.4) is 0 Å². The average Bonchev–Trinajstić information content (AvgIpc) is 2.37. The van der Waals surface area contributed by atoms with Gasteiger partial charge in [0.1, 0.15) is 0 Å². The molecule has 0 aliphatic carbocycles. The van der Waals surface area contributed by atoms with Gasteiger partial charge < -0.3 is 15.8 Å². The summed E-state index contributed by atoms with van der Waals surface area (Å²) in [6, 6.07) is 3.81. The second kappa shape index (κ2) is 6.59. The Labute approximate surface area is 110 Å². The number of nitrogens with zero attached hydrogens (tertiary/aromatic N) is 1. The summed E-state index contributed by atoms with van der Waals surface area (Å²) in [4.78, 5) is 4.36. The van der Waals surface area contributed by atoms with E-state index in [1.165, 1.54) is 0 Å². The molecule has 0 amide bonds. The third kappa shape index (κ3) is 3.60. The van der Waals surface area contributed by atoms with Gasteiger partial charge in [-0.05, 0) is 31.4 Å². The zero-order valence-electron chi connectivity index (χ0n) is 11.9. The number of hydrogen-bond donors (Lipinski definition) is 2.